The Labute approximate surface area is 145 Å². The molecule has 5 nitrogen and oxygen atoms in total. The molecule has 0 aromatic heterocycles. The number of carboxylic acids is 1. The topological polar surface area (TPSA) is 66.8 Å². The number of benzene rings is 1. The third kappa shape index (κ3) is 4.28. The van der Waals surface area contributed by atoms with E-state index in [0.717, 1.165) is 6.08 Å². The Morgan fingerprint density at radius 2 is 2.17 bits per heavy atom. The van der Waals surface area contributed by atoms with Gasteiger partial charge >= 0.3 is 11.9 Å². The summed E-state index contributed by atoms with van der Waals surface area (Å²) in [4.78, 5) is 25.1. The number of aliphatic carboxylic acids is 1. The van der Waals surface area contributed by atoms with Crippen molar-refractivity contribution in [1.82, 2.24) is 4.90 Å². The van der Waals surface area contributed by atoms with Crippen LogP contribution in [0.3, 0.4) is 0 Å². The molecule has 1 aliphatic heterocycles. The van der Waals surface area contributed by atoms with E-state index in [1.54, 1.807) is 24.3 Å². The van der Waals surface area contributed by atoms with Crippen molar-refractivity contribution >= 4 is 36.2 Å². The number of carbonyl (C=O) groups is 2. The Kier molecular flexibility index (Phi) is 6.10. The van der Waals surface area contributed by atoms with Crippen molar-refractivity contribution in [2.24, 2.45) is 0 Å². The number of thiol groups is 1. The molecular formula is C16H18ClNO4S. The van der Waals surface area contributed by atoms with Crippen molar-refractivity contribution in [1.29, 1.82) is 0 Å². The normalized spacial score (nSPS) is 21.9. The van der Waals surface area contributed by atoms with Crippen LogP contribution in [0.15, 0.2) is 35.9 Å². The van der Waals surface area contributed by atoms with Gasteiger partial charge in [0, 0.05) is 29.4 Å². The molecule has 1 aromatic carbocycles. The number of hydrogen-bond donors (Lipinski definition) is 2. The maximum absolute atomic E-state index is 12.3. The minimum Gasteiger partial charge on any atom is -0.478 e. The number of halogens is 1. The number of piperidine rings is 1. The van der Waals surface area contributed by atoms with Gasteiger partial charge in [-0.15, -0.1) is 0 Å². The zero-order valence-electron chi connectivity index (χ0n) is 12.6. The molecule has 0 spiro atoms. The van der Waals surface area contributed by atoms with E-state index in [1.807, 2.05) is 4.90 Å². The van der Waals surface area contributed by atoms with Crippen molar-refractivity contribution in [3.63, 3.8) is 0 Å². The summed E-state index contributed by atoms with van der Waals surface area (Å²) >= 11 is 10.7. The molecule has 0 amide bonds. The molecular weight excluding hydrogens is 338 g/mol. The first-order valence-electron chi connectivity index (χ1n) is 7.11. The molecule has 0 radical (unpaired) electrons. The summed E-state index contributed by atoms with van der Waals surface area (Å²) in [6, 6.07) is 6.40. The molecule has 124 valence electrons. The van der Waals surface area contributed by atoms with Crippen LogP contribution >= 0.6 is 24.2 Å². The Balaban J connectivity index is 2.35. The van der Waals surface area contributed by atoms with Gasteiger partial charge < -0.3 is 9.84 Å². The molecule has 1 aromatic rings. The largest absolute Gasteiger partial charge is 0.478 e. The molecule has 1 aliphatic rings. The third-order valence-corrected chi connectivity index (χ3v) is 4.74. The Bertz CT molecular complexity index is 634. The van der Waals surface area contributed by atoms with Crippen LogP contribution in [0, 0.1) is 0 Å². The number of methoxy groups -OCH3 is 1. The molecule has 1 fully saturated rings. The highest BCUT2D eigenvalue weighted by atomic mass is 35.5. The van der Waals surface area contributed by atoms with Gasteiger partial charge in [-0.2, -0.15) is 12.6 Å². The molecule has 23 heavy (non-hydrogen) atoms. The number of rotatable bonds is 4. The summed E-state index contributed by atoms with van der Waals surface area (Å²) in [5, 5.41) is 9.32. The summed E-state index contributed by atoms with van der Waals surface area (Å²) in [6.45, 7) is 0.918. The first-order valence-corrected chi connectivity index (χ1v) is 8.01. The van der Waals surface area contributed by atoms with E-state index in [2.05, 4.69) is 12.6 Å². The molecule has 2 atom stereocenters. The molecule has 7 heteroatoms. The predicted molar refractivity (Wildman–Crippen MR) is 90.9 cm³/mol. The van der Waals surface area contributed by atoms with Crippen molar-refractivity contribution in [2.45, 2.75) is 17.7 Å². The van der Waals surface area contributed by atoms with Crippen LogP contribution in [0.2, 0.25) is 5.02 Å². The van der Waals surface area contributed by atoms with Gasteiger partial charge in [0.05, 0.1) is 7.11 Å². The van der Waals surface area contributed by atoms with E-state index in [9.17, 15) is 9.59 Å². The van der Waals surface area contributed by atoms with Gasteiger partial charge in [-0.25, -0.2) is 9.59 Å². The van der Waals surface area contributed by atoms with Crippen molar-refractivity contribution in [3.05, 3.63) is 46.5 Å². The SMILES string of the molecule is COC(=O)[C@@H](c1ccccc1Cl)N1CC[C@@H](S)/C(=C\C(=O)O)C1. The van der Waals surface area contributed by atoms with Crippen LogP contribution in [0.5, 0.6) is 0 Å². The number of esters is 1. The van der Waals surface area contributed by atoms with E-state index < -0.39 is 18.0 Å². The summed E-state index contributed by atoms with van der Waals surface area (Å²) in [5.74, 6) is -1.45. The molecule has 2 rings (SSSR count). The van der Waals surface area contributed by atoms with Gasteiger partial charge in [0.15, 0.2) is 0 Å². The van der Waals surface area contributed by atoms with Crippen molar-refractivity contribution in [3.8, 4) is 0 Å². The highest BCUT2D eigenvalue weighted by Crippen LogP contribution is 2.33. The van der Waals surface area contributed by atoms with E-state index >= 15 is 0 Å². The van der Waals surface area contributed by atoms with Crippen LogP contribution in [0.4, 0.5) is 0 Å². The third-order valence-electron chi connectivity index (χ3n) is 3.80. The van der Waals surface area contributed by atoms with Gasteiger partial charge in [0.2, 0.25) is 0 Å². The lowest BCUT2D eigenvalue weighted by atomic mass is 9.98. The van der Waals surface area contributed by atoms with Crippen molar-refractivity contribution < 1.29 is 19.4 Å². The molecule has 0 saturated carbocycles. The summed E-state index contributed by atoms with van der Waals surface area (Å²) in [5.41, 5.74) is 1.31. The van der Waals surface area contributed by atoms with Crippen LogP contribution in [0.25, 0.3) is 0 Å². The lowest BCUT2D eigenvalue weighted by Crippen LogP contribution is -2.42. The molecule has 1 heterocycles. The summed E-state index contributed by atoms with van der Waals surface area (Å²) < 4.78 is 4.92. The highest BCUT2D eigenvalue weighted by molar-refractivity contribution is 7.81. The molecule has 0 bridgehead atoms. The number of carbonyl (C=O) groups excluding carboxylic acids is 1. The quantitative estimate of drug-likeness (QED) is 0.493. The molecule has 0 aliphatic carbocycles. The molecule has 1 saturated heterocycles. The van der Waals surface area contributed by atoms with Gasteiger partial charge in [-0.3, -0.25) is 4.90 Å². The zero-order chi connectivity index (χ0) is 17.0. The van der Waals surface area contributed by atoms with Crippen LogP contribution in [0.1, 0.15) is 18.0 Å². The number of ether oxygens (including phenoxy) is 1. The number of hydrogen-bond acceptors (Lipinski definition) is 5. The van der Waals surface area contributed by atoms with Crippen molar-refractivity contribution in [2.75, 3.05) is 20.2 Å². The first-order chi connectivity index (χ1) is 10.9. The average Bonchev–Trinajstić information content (AvgIpc) is 2.51. The van der Waals surface area contributed by atoms with Crippen LogP contribution in [-0.4, -0.2) is 47.4 Å². The second-order valence-corrected chi connectivity index (χ2v) is 6.31. The van der Waals surface area contributed by atoms with E-state index in [1.165, 1.54) is 7.11 Å². The van der Waals surface area contributed by atoms with Gasteiger partial charge in [-0.05, 0) is 23.6 Å². The van der Waals surface area contributed by atoms with E-state index in [4.69, 9.17) is 21.4 Å². The Morgan fingerprint density at radius 3 is 2.78 bits per heavy atom. The lowest BCUT2D eigenvalue weighted by molar-refractivity contribution is -0.147. The zero-order valence-corrected chi connectivity index (χ0v) is 14.3. The minimum absolute atomic E-state index is 0.133. The average molecular weight is 356 g/mol. The number of likely N-dealkylation sites (tertiary alicyclic amines) is 1. The maximum atomic E-state index is 12.3. The van der Waals surface area contributed by atoms with Crippen LogP contribution < -0.4 is 0 Å². The fourth-order valence-electron chi connectivity index (χ4n) is 2.69. The minimum atomic E-state index is -1.02. The second-order valence-electron chi connectivity index (χ2n) is 5.28. The van der Waals surface area contributed by atoms with Gasteiger partial charge in [0.25, 0.3) is 0 Å². The van der Waals surface area contributed by atoms with Gasteiger partial charge in [0.1, 0.15) is 6.04 Å². The first kappa shape index (κ1) is 17.8. The molecule has 0 unspecified atom stereocenters. The summed E-state index contributed by atoms with van der Waals surface area (Å²) in [6.07, 6.45) is 1.80. The summed E-state index contributed by atoms with van der Waals surface area (Å²) in [7, 11) is 1.32. The van der Waals surface area contributed by atoms with Crippen LogP contribution in [-0.2, 0) is 14.3 Å². The highest BCUT2D eigenvalue weighted by Gasteiger charge is 2.34. The van der Waals surface area contributed by atoms with E-state index in [0.29, 0.717) is 35.7 Å². The number of nitrogens with zero attached hydrogens (tertiary/aromatic N) is 1. The van der Waals surface area contributed by atoms with Gasteiger partial charge in [-0.1, -0.05) is 29.8 Å². The number of carboxylic acid groups (broad SMARTS) is 1. The smallest absolute Gasteiger partial charge is 0.328 e. The monoisotopic (exact) mass is 355 g/mol. The fourth-order valence-corrected chi connectivity index (χ4v) is 3.21. The molecule has 1 N–H and O–H groups in total. The maximum Gasteiger partial charge on any atom is 0.328 e. The standard InChI is InChI=1S/C16H18ClNO4S/c1-22-16(21)15(11-4-2-3-5-12(11)17)18-7-6-13(23)10(9-18)8-14(19)20/h2-5,8,13,15,23H,6-7,9H2,1H3,(H,19,20)/b10-8-/t13-,15-/m1/s1. The lowest BCUT2D eigenvalue weighted by Gasteiger charge is -2.36. The second kappa shape index (κ2) is 7.86. The Morgan fingerprint density at radius 1 is 1.48 bits per heavy atom. The predicted octanol–water partition coefficient (Wildman–Crippen LogP) is 2.57. The van der Waals surface area contributed by atoms with E-state index in [-0.39, 0.29) is 5.25 Å². The fraction of sp³-hybridized carbons (Fsp3) is 0.375. The Hall–Kier alpha value is -1.50.